The van der Waals surface area contributed by atoms with Crippen molar-refractivity contribution in [1.29, 1.82) is 0 Å². The minimum Gasteiger partial charge on any atom is -0.481 e. The molecule has 0 fully saturated rings. The van der Waals surface area contributed by atoms with Crippen molar-refractivity contribution in [2.75, 3.05) is 33.2 Å². The molecule has 0 aliphatic carbocycles. The van der Waals surface area contributed by atoms with Gasteiger partial charge in [-0.3, -0.25) is 24.0 Å². The minimum atomic E-state index is -1.53. The Morgan fingerprint density at radius 2 is 1.23 bits per heavy atom. The van der Waals surface area contributed by atoms with Gasteiger partial charge in [0.2, 0.25) is 17.7 Å². The number of rotatable bonds is 17. The number of carboxylic acid groups (broad SMARTS) is 2. The van der Waals surface area contributed by atoms with Crippen LogP contribution in [0.1, 0.15) is 25.7 Å². The van der Waals surface area contributed by atoms with Gasteiger partial charge >= 0.3 is 11.9 Å². The second-order valence-electron chi connectivity index (χ2n) is 7.18. The van der Waals surface area contributed by atoms with E-state index in [1.54, 1.807) is 7.05 Å². The highest BCUT2D eigenvalue weighted by Crippen LogP contribution is 2.00. The number of nitrogens with two attached hydrogens (primary N) is 2. The molecule has 0 saturated carbocycles. The summed E-state index contributed by atoms with van der Waals surface area (Å²) in [4.78, 5) is 64.5. The second-order valence-corrected chi connectivity index (χ2v) is 7.18. The first-order valence-electron chi connectivity index (χ1n) is 10.6. The van der Waals surface area contributed by atoms with Crippen molar-refractivity contribution in [3.8, 4) is 0 Å². The monoisotopic (exact) mass is 508 g/mol. The van der Waals surface area contributed by atoms with Gasteiger partial charge in [0.25, 0.3) is 0 Å². The number of aliphatic carboxylic acids is 2. The lowest BCUT2D eigenvalue weighted by Gasteiger charge is -2.13. The van der Waals surface area contributed by atoms with Gasteiger partial charge in [-0.05, 0) is 13.5 Å². The fourth-order valence-corrected chi connectivity index (χ4v) is 2.15. The standard InChI is InChI=1S/C12H21N3O7.C7H15N3O3/c13-7(5-11(20)21)12(22)15-4-3-14-10(19)2-1-8(17)9(18)6-16;1-9-2-3-10-7(13)5(8)4-6(11)12/h6-9,17-18H,1-5,13H2,(H,14,19)(H,15,22)(H,20,21);5,9H,2-4,8H2,1H3,(H,10,13)(H,11,12). The van der Waals surface area contributed by atoms with Crippen LogP contribution in [-0.4, -0.2) is 114 Å². The normalized spacial score (nSPS) is 13.6. The summed E-state index contributed by atoms with van der Waals surface area (Å²) in [6.07, 6.45) is -3.67. The smallest absolute Gasteiger partial charge is 0.305 e. The summed E-state index contributed by atoms with van der Waals surface area (Å²) in [5.74, 6) is -3.76. The number of carbonyl (C=O) groups is 6. The van der Waals surface area contributed by atoms with Crippen molar-refractivity contribution in [3.63, 3.8) is 0 Å². The number of aliphatic hydroxyl groups excluding tert-OH is 2. The predicted octanol–water partition coefficient (Wildman–Crippen LogP) is -5.15. The Labute approximate surface area is 201 Å². The third-order valence-electron chi connectivity index (χ3n) is 4.08. The SMILES string of the molecule is CNCCNC(=O)C(N)CC(=O)O.NC(CC(=O)O)C(=O)NCCNC(=O)CCC(O)C(O)C=O. The molecule has 0 spiro atoms. The van der Waals surface area contributed by atoms with Crippen molar-refractivity contribution >= 4 is 35.9 Å². The van der Waals surface area contributed by atoms with E-state index in [-0.39, 0.29) is 38.6 Å². The molecular formula is C19H36N6O10. The molecule has 4 unspecified atom stereocenters. The first-order chi connectivity index (χ1) is 16.3. The quantitative estimate of drug-likeness (QED) is 0.0650. The number of aliphatic hydroxyl groups is 2. The molecule has 0 saturated heterocycles. The zero-order valence-electron chi connectivity index (χ0n) is 19.4. The van der Waals surface area contributed by atoms with E-state index in [4.69, 9.17) is 26.8 Å². The lowest BCUT2D eigenvalue weighted by atomic mass is 10.1. The van der Waals surface area contributed by atoms with Crippen LogP contribution < -0.4 is 32.7 Å². The maximum atomic E-state index is 11.4. The van der Waals surface area contributed by atoms with Gasteiger partial charge in [-0.15, -0.1) is 0 Å². The summed E-state index contributed by atoms with van der Waals surface area (Å²) in [5.41, 5.74) is 10.6. The Hall–Kier alpha value is -3.18. The topological polar surface area (TPSA) is 283 Å². The molecule has 3 amide bonds. The van der Waals surface area contributed by atoms with Crippen LogP contribution in [0.4, 0.5) is 0 Å². The highest BCUT2D eigenvalue weighted by atomic mass is 16.4. The number of carbonyl (C=O) groups excluding carboxylic acids is 4. The average Bonchev–Trinajstić information content (AvgIpc) is 2.79. The molecule has 0 aliphatic rings. The van der Waals surface area contributed by atoms with E-state index in [1.807, 2.05) is 0 Å². The van der Waals surface area contributed by atoms with E-state index in [2.05, 4.69) is 21.3 Å². The summed E-state index contributed by atoms with van der Waals surface area (Å²) < 4.78 is 0. The van der Waals surface area contributed by atoms with E-state index < -0.39 is 60.4 Å². The van der Waals surface area contributed by atoms with E-state index in [1.165, 1.54) is 0 Å². The van der Waals surface area contributed by atoms with E-state index in [0.29, 0.717) is 13.1 Å². The van der Waals surface area contributed by atoms with Gasteiger partial charge < -0.3 is 58.0 Å². The Kier molecular flexibility index (Phi) is 19.6. The number of carboxylic acids is 2. The van der Waals surface area contributed by atoms with Crippen molar-refractivity contribution < 1.29 is 49.2 Å². The molecule has 35 heavy (non-hydrogen) atoms. The van der Waals surface area contributed by atoms with Crippen molar-refractivity contribution in [2.45, 2.75) is 50.0 Å². The number of hydrogen-bond acceptors (Lipinski definition) is 11. The molecule has 12 N–H and O–H groups in total. The molecule has 16 nitrogen and oxygen atoms in total. The van der Waals surface area contributed by atoms with Crippen LogP contribution in [0, 0.1) is 0 Å². The number of amides is 3. The van der Waals surface area contributed by atoms with Crippen molar-refractivity contribution in [1.82, 2.24) is 21.3 Å². The second kappa shape index (κ2) is 20.2. The van der Waals surface area contributed by atoms with Crippen molar-refractivity contribution in [2.24, 2.45) is 11.5 Å². The van der Waals surface area contributed by atoms with Gasteiger partial charge in [0.1, 0.15) is 6.10 Å². The highest BCUT2D eigenvalue weighted by Gasteiger charge is 2.18. The number of nitrogens with one attached hydrogen (secondary N) is 4. The first kappa shape index (κ1) is 34.0. The molecule has 0 aromatic heterocycles. The first-order valence-corrected chi connectivity index (χ1v) is 10.6. The summed E-state index contributed by atoms with van der Waals surface area (Å²) in [5, 5.41) is 45.2. The van der Waals surface area contributed by atoms with Crippen LogP contribution in [0.2, 0.25) is 0 Å². The Morgan fingerprint density at radius 3 is 1.63 bits per heavy atom. The molecule has 0 rings (SSSR count). The number of likely N-dealkylation sites (N-methyl/N-ethyl adjacent to an activating group) is 1. The third-order valence-corrected chi connectivity index (χ3v) is 4.08. The van der Waals surface area contributed by atoms with Crippen LogP contribution in [0.5, 0.6) is 0 Å². The van der Waals surface area contributed by atoms with Gasteiger partial charge in [0, 0.05) is 32.6 Å². The number of aldehydes is 1. The molecule has 0 aromatic carbocycles. The van der Waals surface area contributed by atoms with Gasteiger partial charge in [-0.1, -0.05) is 0 Å². The average molecular weight is 509 g/mol. The van der Waals surface area contributed by atoms with Gasteiger partial charge in [0.05, 0.1) is 31.0 Å². The van der Waals surface area contributed by atoms with Crippen LogP contribution in [0.15, 0.2) is 0 Å². The molecule has 0 radical (unpaired) electrons. The maximum absolute atomic E-state index is 11.4. The van der Waals surface area contributed by atoms with E-state index >= 15 is 0 Å². The van der Waals surface area contributed by atoms with Crippen LogP contribution >= 0.6 is 0 Å². The zero-order chi connectivity index (χ0) is 27.4. The maximum Gasteiger partial charge on any atom is 0.305 e. The third kappa shape index (κ3) is 20.0. The van der Waals surface area contributed by atoms with Gasteiger partial charge in [-0.25, -0.2) is 0 Å². The fraction of sp³-hybridized carbons (Fsp3) is 0.684. The van der Waals surface area contributed by atoms with Gasteiger partial charge in [-0.2, -0.15) is 0 Å². The Balaban J connectivity index is 0. The van der Waals surface area contributed by atoms with Crippen LogP contribution in [0.3, 0.4) is 0 Å². The molecular weight excluding hydrogens is 472 g/mol. The minimum absolute atomic E-state index is 0.0669. The lowest BCUT2D eigenvalue weighted by Crippen LogP contribution is -2.44. The summed E-state index contributed by atoms with van der Waals surface area (Å²) in [6.45, 7) is 1.24. The Bertz CT molecular complexity index is 693. The molecule has 202 valence electrons. The highest BCUT2D eigenvalue weighted by molar-refractivity contribution is 5.86. The Morgan fingerprint density at radius 1 is 0.800 bits per heavy atom. The molecule has 0 bridgehead atoms. The van der Waals surface area contributed by atoms with Crippen LogP contribution in [-0.2, 0) is 28.8 Å². The van der Waals surface area contributed by atoms with E-state index in [0.717, 1.165) is 0 Å². The van der Waals surface area contributed by atoms with Crippen LogP contribution in [0.25, 0.3) is 0 Å². The summed E-state index contributed by atoms with van der Waals surface area (Å²) in [6, 6.07) is -2.12. The summed E-state index contributed by atoms with van der Waals surface area (Å²) in [7, 11) is 1.75. The van der Waals surface area contributed by atoms with E-state index in [9.17, 15) is 33.9 Å². The molecule has 0 aromatic rings. The van der Waals surface area contributed by atoms with Crippen molar-refractivity contribution in [3.05, 3.63) is 0 Å². The molecule has 4 atom stereocenters. The largest absolute Gasteiger partial charge is 0.481 e. The predicted molar refractivity (Wildman–Crippen MR) is 121 cm³/mol. The fourth-order valence-electron chi connectivity index (χ4n) is 2.15. The summed E-state index contributed by atoms with van der Waals surface area (Å²) >= 11 is 0. The molecule has 16 heteroatoms. The number of hydrogen-bond donors (Lipinski definition) is 10. The molecule has 0 aliphatic heterocycles. The van der Waals surface area contributed by atoms with Gasteiger partial charge in [0.15, 0.2) is 6.29 Å². The zero-order valence-corrected chi connectivity index (χ0v) is 19.4. The molecule has 0 heterocycles. The lowest BCUT2D eigenvalue weighted by molar-refractivity contribution is -0.139.